The quantitative estimate of drug-likeness (QED) is 0.651. The predicted octanol–water partition coefficient (Wildman–Crippen LogP) is 4.73. The lowest BCUT2D eigenvalue weighted by Crippen LogP contribution is -2.43. The molecule has 1 amide bonds. The molecule has 0 radical (unpaired) electrons. The number of benzene rings is 2. The van der Waals surface area contributed by atoms with Gasteiger partial charge in [0.25, 0.3) is 0 Å². The molecule has 0 atom stereocenters. The fourth-order valence-corrected chi connectivity index (χ4v) is 4.69. The Bertz CT molecular complexity index is 789. The molecule has 0 unspecified atom stereocenters. The molecule has 1 aliphatic rings. The summed E-state index contributed by atoms with van der Waals surface area (Å²) >= 11 is 1.59. The summed E-state index contributed by atoms with van der Waals surface area (Å²) in [6.07, 6.45) is 5.24. The number of hydrogen-bond donors (Lipinski definition) is 0. The van der Waals surface area contributed by atoms with E-state index in [0.717, 1.165) is 47.4 Å². The predicted molar refractivity (Wildman–Crippen MR) is 94.8 cm³/mol. The second-order valence-corrected chi connectivity index (χ2v) is 7.05. The van der Waals surface area contributed by atoms with Crippen LogP contribution in [-0.2, 0) is 10.3 Å². The summed E-state index contributed by atoms with van der Waals surface area (Å²) in [6.45, 7) is 0. The minimum Gasteiger partial charge on any atom is -0.280 e. The Morgan fingerprint density at radius 2 is 1.70 bits per heavy atom. The van der Waals surface area contributed by atoms with Gasteiger partial charge in [-0.3, -0.25) is 9.69 Å². The van der Waals surface area contributed by atoms with Crippen molar-refractivity contribution in [2.75, 3.05) is 4.90 Å². The van der Waals surface area contributed by atoms with Crippen LogP contribution < -0.4 is 4.90 Å². The number of carbonyl (C=O) groups excluding carboxylic acids is 1. The lowest BCUT2D eigenvalue weighted by Gasteiger charge is -2.37. The Kier molecular flexibility index (Phi) is 3.62. The van der Waals surface area contributed by atoms with Crippen LogP contribution in [0.2, 0.25) is 0 Å². The number of amides is 1. The maximum atomic E-state index is 12.0. The van der Waals surface area contributed by atoms with Gasteiger partial charge in [0, 0.05) is 0 Å². The molecule has 2 aromatic carbocycles. The standard InChI is InChI=1S/C19H18N2OS/c22-14-21(18-20-16-10-4-5-11-17(16)23-18)19(12-6-7-13-19)15-8-2-1-3-9-15/h1-5,8-11,14H,6-7,12-13H2. The molecular weight excluding hydrogens is 304 g/mol. The Morgan fingerprint density at radius 1 is 1.00 bits per heavy atom. The van der Waals surface area contributed by atoms with Gasteiger partial charge >= 0.3 is 0 Å². The van der Waals surface area contributed by atoms with E-state index in [1.807, 2.05) is 29.2 Å². The molecule has 4 heteroatoms. The number of rotatable bonds is 4. The van der Waals surface area contributed by atoms with Gasteiger partial charge in [-0.05, 0) is 30.5 Å². The molecule has 4 rings (SSSR count). The van der Waals surface area contributed by atoms with Crippen molar-refractivity contribution >= 4 is 33.1 Å². The van der Waals surface area contributed by atoms with Crippen molar-refractivity contribution in [3.63, 3.8) is 0 Å². The number of hydrogen-bond acceptors (Lipinski definition) is 3. The first kappa shape index (κ1) is 14.4. The first-order chi connectivity index (χ1) is 11.3. The SMILES string of the molecule is O=CN(c1nc2ccccc2s1)C1(c2ccccc2)CCCC1. The third-order valence-electron chi connectivity index (χ3n) is 4.80. The number of fused-ring (bicyclic) bond motifs is 1. The van der Waals surface area contributed by atoms with Gasteiger partial charge in [0.2, 0.25) is 6.41 Å². The minimum atomic E-state index is -0.253. The average molecular weight is 322 g/mol. The number of nitrogens with zero attached hydrogens (tertiary/aromatic N) is 2. The van der Waals surface area contributed by atoms with Gasteiger partial charge in [-0.1, -0.05) is 66.6 Å². The molecule has 116 valence electrons. The van der Waals surface area contributed by atoms with Crippen LogP contribution in [-0.4, -0.2) is 11.4 Å². The number of para-hydroxylation sites is 1. The van der Waals surface area contributed by atoms with Crippen molar-refractivity contribution in [1.82, 2.24) is 4.98 Å². The van der Waals surface area contributed by atoms with Crippen LogP contribution in [0.4, 0.5) is 5.13 Å². The maximum absolute atomic E-state index is 12.0. The van der Waals surface area contributed by atoms with Gasteiger partial charge in [0.1, 0.15) is 0 Å². The normalized spacial score (nSPS) is 16.5. The van der Waals surface area contributed by atoms with E-state index < -0.39 is 0 Å². The Balaban J connectivity index is 1.84. The Hall–Kier alpha value is -2.20. The highest BCUT2D eigenvalue weighted by Crippen LogP contribution is 2.46. The van der Waals surface area contributed by atoms with Crippen LogP contribution in [0.25, 0.3) is 10.2 Å². The third-order valence-corrected chi connectivity index (χ3v) is 5.83. The number of aromatic nitrogens is 1. The molecule has 0 aliphatic heterocycles. The molecule has 1 aromatic heterocycles. The Morgan fingerprint density at radius 3 is 2.39 bits per heavy atom. The second kappa shape index (κ2) is 5.78. The monoisotopic (exact) mass is 322 g/mol. The van der Waals surface area contributed by atoms with Crippen LogP contribution in [0.5, 0.6) is 0 Å². The fourth-order valence-electron chi connectivity index (χ4n) is 3.67. The van der Waals surface area contributed by atoms with Crippen molar-refractivity contribution in [2.45, 2.75) is 31.2 Å². The minimum absolute atomic E-state index is 0.253. The van der Waals surface area contributed by atoms with Gasteiger partial charge in [-0.25, -0.2) is 4.98 Å². The van der Waals surface area contributed by atoms with Gasteiger partial charge in [-0.15, -0.1) is 0 Å². The molecule has 3 nitrogen and oxygen atoms in total. The summed E-state index contributed by atoms with van der Waals surface area (Å²) in [5, 5.41) is 0.798. The van der Waals surface area contributed by atoms with E-state index in [0.29, 0.717) is 0 Å². The highest BCUT2D eigenvalue weighted by molar-refractivity contribution is 7.22. The molecule has 1 heterocycles. The highest BCUT2D eigenvalue weighted by atomic mass is 32.1. The van der Waals surface area contributed by atoms with Crippen LogP contribution in [0.15, 0.2) is 54.6 Å². The molecule has 3 aromatic rings. The van der Waals surface area contributed by atoms with E-state index in [1.54, 1.807) is 11.3 Å². The molecular formula is C19H18N2OS. The van der Waals surface area contributed by atoms with Gasteiger partial charge in [0.15, 0.2) is 5.13 Å². The summed E-state index contributed by atoms with van der Waals surface area (Å²) in [4.78, 5) is 18.6. The van der Waals surface area contributed by atoms with E-state index >= 15 is 0 Å². The first-order valence-corrected chi connectivity index (χ1v) is 8.81. The van der Waals surface area contributed by atoms with Crippen molar-refractivity contribution < 1.29 is 4.79 Å². The molecule has 23 heavy (non-hydrogen) atoms. The first-order valence-electron chi connectivity index (χ1n) is 7.99. The summed E-state index contributed by atoms with van der Waals surface area (Å²) in [6, 6.07) is 18.5. The molecule has 0 N–H and O–H groups in total. The zero-order valence-corrected chi connectivity index (χ0v) is 13.6. The number of carbonyl (C=O) groups is 1. The topological polar surface area (TPSA) is 33.2 Å². The molecule has 1 aliphatic carbocycles. The van der Waals surface area contributed by atoms with Crippen LogP contribution >= 0.6 is 11.3 Å². The maximum Gasteiger partial charge on any atom is 0.216 e. The summed E-state index contributed by atoms with van der Waals surface area (Å²) in [5.74, 6) is 0. The average Bonchev–Trinajstić information content (AvgIpc) is 3.24. The Labute approximate surface area is 139 Å². The van der Waals surface area contributed by atoms with Gasteiger partial charge < -0.3 is 0 Å². The van der Waals surface area contributed by atoms with E-state index in [4.69, 9.17) is 4.98 Å². The van der Waals surface area contributed by atoms with Crippen molar-refractivity contribution in [1.29, 1.82) is 0 Å². The largest absolute Gasteiger partial charge is 0.280 e. The number of thiazole rings is 1. The van der Waals surface area contributed by atoms with Crippen molar-refractivity contribution in [3.05, 3.63) is 60.2 Å². The lowest BCUT2D eigenvalue weighted by molar-refractivity contribution is -0.108. The summed E-state index contributed by atoms with van der Waals surface area (Å²) in [7, 11) is 0. The van der Waals surface area contributed by atoms with Crippen LogP contribution in [0, 0.1) is 0 Å². The number of anilines is 1. The molecule has 1 fully saturated rings. The van der Waals surface area contributed by atoms with Gasteiger partial charge in [-0.2, -0.15) is 0 Å². The molecule has 1 saturated carbocycles. The van der Waals surface area contributed by atoms with E-state index in [2.05, 4.69) is 30.3 Å². The van der Waals surface area contributed by atoms with E-state index in [-0.39, 0.29) is 5.54 Å². The van der Waals surface area contributed by atoms with E-state index in [9.17, 15) is 4.79 Å². The zero-order valence-electron chi connectivity index (χ0n) is 12.8. The third kappa shape index (κ3) is 2.34. The van der Waals surface area contributed by atoms with E-state index in [1.165, 1.54) is 5.56 Å². The fraction of sp³-hybridized carbons (Fsp3) is 0.263. The van der Waals surface area contributed by atoms with Crippen molar-refractivity contribution in [2.24, 2.45) is 0 Å². The molecule has 0 bridgehead atoms. The second-order valence-electron chi connectivity index (χ2n) is 6.04. The molecule has 0 spiro atoms. The highest BCUT2D eigenvalue weighted by Gasteiger charge is 2.42. The zero-order chi connectivity index (χ0) is 15.7. The molecule has 0 saturated heterocycles. The van der Waals surface area contributed by atoms with Crippen molar-refractivity contribution in [3.8, 4) is 0 Å². The lowest BCUT2D eigenvalue weighted by atomic mass is 9.87. The van der Waals surface area contributed by atoms with Gasteiger partial charge in [0.05, 0.1) is 15.8 Å². The smallest absolute Gasteiger partial charge is 0.216 e. The van der Waals surface area contributed by atoms with Crippen LogP contribution in [0.3, 0.4) is 0 Å². The van der Waals surface area contributed by atoms with Crippen LogP contribution in [0.1, 0.15) is 31.2 Å². The summed E-state index contributed by atoms with van der Waals surface area (Å²) < 4.78 is 1.12. The summed E-state index contributed by atoms with van der Waals surface area (Å²) in [5.41, 5.74) is 1.92.